The molecule has 0 bridgehead atoms. The lowest BCUT2D eigenvalue weighted by Crippen LogP contribution is -2.57. The third-order valence-electron chi connectivity index (χ3n) is 6.55. The number of hydrogen-bond donors (Lipinski definition) is 1. The molecular weight excluding hydrogens is 438 g/mol. The maximum atomic E-state index is 12.8. The first-order chi connectivity index (χ1) is 15.7. The van der Waals surface area contributed by atoms with Crippen molar-refractivity contribution in [2.24, 2.45) is 0 Å². The van der Waals surface area contributed by atoms with E-state index in [2.05, 4.69) is 46.6 Å². The number of nitrogens with zero attached hydrogens (tertiary/aromatic N) is 2. The molecule has 0 aromatic heterocycles. The van der Waals surface area contributed by atoms with Gasteiger partial charge in [-0.1, -0.05) is 30.3 Å². The van der Waals surface area contributed by atoms with Crippen molar-refractivity contribution in [3.8, 4) is 11.5 Å². The number of methoxy groups -OCH3 is 1. The summed E-state index contributed by atoms with van der Waals surface area (Å²) in [4.78, 5) is 17.2. The second-order valence-electron chi connectivity index (χ2n) is 8.77. The van der Waals surface area contributed by atoms with Crippen LogP contribution in [0.2, 0.25) is 0 Å². The topological polar surface area (TPSA) is 54.0 Å². The van der Waals surface area contributed by atoms with Gasteiger partial charge >= 0.3 is 0 Å². The summed E-state index contributed by atoms with van der Waals surface area (Å²) < 4.78 is 11.9. The van der Waals surface area contributed by atoms with Gasteiger partial charge in [0.05, 0.1) is 25.8 Å². The minimum atomic E-state index is 0. The highest BCUT2D eigenvalue weighted by Crippen LogP contribution is 2.35. The molecule has 0 radical (unpaired) electrons. The molecule has 0 unspecified atom stereocenters. The molecule has 2 aromatic rings. The lowest BCUT2D eigenvalue weighted by Gasteiger charge is -2.43. The fraction of sp³-hybridized carbons (Fsp3) is 0.500. The first-order valence-corrected chi connectivity index (χ1v) is 11.8. The standard InChI is InChI=1S/C26H35N3O3.ClH/c1-27-18-26(30)29-15-14-28(19-22(29)16-20-8-4-3-5-9-20)21-12-13-24(31-2)25(17-21)32-23-10-6-7-11-23;/h3-5,8-9,12-13,17,22-23,27H,6-7,10-11,14-16,18-19H2,1-2H3;1H/t22-;/m0./s1. The molecule has 0 spiro atoms. The van der Waals surface area contributed by atoms with Crippen LogP contribution < -0.4 is 19.7 Å². The van der Waals surface area contributed by atoms with Gasteiger partial charge in [0.25, 0.3) is 0 Å². The lowest BCUT2D eigenvalue weighted by molar-refractivity contribution is -0.132. The number of likely N-dealkylation sites (N-methyl/N-ethyl adjacent to an activating group) is 1. The zero-order chi connectivity index (χ0) is 22.3. The smallest absolute Gasteiger partial charge is 0.236 e. The number of amides is 1. The monoisotopic (exact) mass is 473 g/mol. The molecule has 4 rings (SSSR count). The number of halogens is 1. The summed E-state index contributed by atoms with van der Waals surface area (Å²) in [6.45, 7) is 2.67. The Labute approximate surface area is 203 Å². The van der Waals surface area contributed by atoms with Gasteiger partial charge in [-0.15, -0.1) is 12.4 Å². The first kappa shape index (κ1) is 25.2. The molecule has 1 atom stereocenters. The summed E-state index contributed by atoms with van der Waals surface area (Å²) in [6.07, 6.45) is 5.81. The third-order valence-corrected chi connectivity index (χ3v) is 6.55. The van der Waals surface area contributed by atoms with Crippen molar-refractivity contribution < 1.29 is 14.3 Å². The molecule has 2 aliphatic rings. The van der Waals surface area contributed by atoms with Crippen LogP contribution in [0.25, 0.3) is 0 Å². The van der Waals surface area contributed by atoms with Gasteiger partial charge in [-0.25, -0.2) is 0 Å². The average molecular weight is 474 g/mol. The van der Waals surface area contributed by atoms with Gasteiger partial charge in [0.2, 0.25) is 5.91 Å². The molecule has 1 aliphatic carbocycles. The number of hydrogen-bond acceptors (Lipinski definition) is 5. The number of benzene rings is 2. The minimum absolute atomic E-state index is 0. The van der Waals surface area contributed by atoms with Crippen LogP contribution in [0, 0.1) is 0 Å². The van der Waals surface area contributed by atoms with Crippen molar-refractivity contribution in [1.82, 2.24) is 10.2 Å². The lowest BCUT2D eigenvalue weighted by atomic mass is 10.0. The van der Waals surface area contributed by atoms with Crippen LogP contribution in [-0.2, 0) is 11.2 Å². The second kappa shape index (κ2) is 12.1. The zero-order valence-corrected chi connectivity index (χ0v) is 20.5. The van der Waals surface area contributed by atoms with Crippen molar-refractivity contribution in [2.75, 3.05) is 45.2 Å². The molecule has 1 saturated heterocycles. The van der Waals surface area contributed by atoms with Crippen LogP contribution in [-0.4, -0.2) is 63.3 Å². The molecule has 6 nitrogen and oxygen atoms in total. The van der Waals surface area contributed by atoms with Gasteiger partial charge in [-0.3, -0.25) is 4.79 Å². The highest BCUT2D eigenvalue weighted by atomic mass is 35.5. The molecule has 7 heteroatoms. The Bertz CT molecular complexity index is 890. The highest BCUT2D eigenvalue weighted by molar-refractivity contribution is 5.85. The number of piperazine rings is 1. The molecule has 33 heavy (non-hydrogen) atoms. The van der Waals surface area contributed by atoms with Gasteiger partial charge in [-0.05, 0) is 56.8 Å². The summed E-state index contributed by atoms with van der Waals surface area (Å²) in [6, 6.07) is 16.8. The van der Waals surface area contributed by atoms with Crippen LogP contribution in [0.3, 0.4) is 0 Å². The number of carbonyl (C=O) groups is 1. The quantitative estimate of drug-likeness (QED) is 0.629. The fourth-order valence-corrected chi connectivity index (χ4v) is 4.87. The van der Waals surface area contributed by atoms with E-state index < -0.39 is 0 Å². The third kappa shape index (κ3) is 6.33. The minimum Gasteiger partial charge on any atom is -0.493 e. The summed E-state index contributed by atoms with van der Waals surface area (Å²) in [5.41, 5.74) is 2.37. The van der Waals surface area contributed by atoms with Crippen LogP contribution in [0.15, 0.2) is 48.5 Å². The first-order valence-electron chi connectivity index (χ1n) is 11.8. The van der Waals surface area contributed by atoms with Crippen LogP contribution in [0.5, 0.6) is 11.5 Å². The molecule has 1 aliphatic heterocycles. The maximum absolute atomic E-state index is 12.8. The van der Waals surface area contributed by atoms with E-state index in [9.17, 15) is 4.79 Å². The van der Waals surface area contributed by atoms with Crippen molar-refractivity contribution in [3.05, 3.63) is 54.1 Å². The summed E-state index contributed by atoms with van der Waals surface area (Å²) >= 11 is 0. The molecule has 2 fully saturated rings. The Hall–Kier alpha value is -2.44. The van der Waals surface area contributed by atoms with E-state index in [-0.39, 0.29) is 30.5 Å². The molecule has 1 amide bonds. The van der Waals surface area contributed by atoms with E-state index in [1.54, 1.807) is 7.11 Å². The number of carbonyl (C=O) groups excluding carboxylic acids is 1. The van der Waals surface area contributed by atoms with E-state index in [0.717, 1.165) is 49.5 Å². The number of nitrogens with one attached hydrogen (secondary N) is 1. The summed E-state index contributed by atoms with van der Waals surface area (Å²) in [5, 5.41) is 3.01. The number of rotatable bonds is 8. The normalized spacial score (nSPS) is 18.7. The average Bonchev–Trinajstić information content (AvgIpc) is 3.33. The zero-order valence-electron chi connectivity index (χ0n) is 19.7. The van der Waals surface area contributed by atoms with Crippen molar-refractivity contribution in [3.63, 3.8) is 0 Å². The highest BCUT2D eigenvalue weighted by Gasteiger charge is 2.31. The number of ether oxygens (including phenoxy) is 2. The molecular formula is C26H36ClN3O3. The predicted octanol–water partition coefficient (Wildman–Crippen LogP) is 3.92. The Morgan fingerprint density at radius 2 is 1.82 bits per heavy atom. The van der Waals surface area contributed by atoms with Crippen molar-refractivity contribution in [1.29, 1.82) is 0 Å². The predicted molar refractivity (Wildman–Crippen MR) is 135 cm³/mol. The van der Waals surface area contributed by atoms with Gasteiger partial charge in [-0.2, -0.15) is 0 Å². The van der Waals surface area contributed by atoms with E-state index in [4.69, 9.17) is 9.47 Å². The Morgan fingerprint density at radius 1 is 1.06 bits per heavy atom. The largest absolute Gasteiger partial charge is 0.493 e. The Balaban J connectivity index is 0.00000306. The number of anilines is 1. The molecule has 2 aromatic carbocycles. The molecule has 1 N–H and O–H groups in total. The van der Waals surface area contributed by atoms with E-state index in [1.807, 2.05) is 24.1 Å². The van der Waals surface area contributed by atoms with Gasteiger partial charge in [0.15, 0.2) is 11.5 Å². The SMILES string of the molecule is CNCC(=O)N1CCN(c2ccc(OC)c(OC3CCCC3)c2)C[C@@H]1Cc1ccccc1.Cl. The van der Waals surface area contributed by atoms with Crippen LogP contribution in [0.4, 0.5) is 5.69 Å². The van der Waals surface area contributed by atoms with Gasteiger partial charge in [0.1, 0.15) is 0 Å². The Kier molecular flexibility index (Phi) is 9.27. The van der Waals surface area contributed by atoms with Crippen LogP contribution >= 0.6 is 12.4 Å². The maximum Gasteiger partial charge on any atom is 0.236 e. The molecule has 1 saturated carbocycles. The summed E-state index contributed by atoms with van der Waals surface area (Å²) in [5.74, 6) is 1.77. The van der Waals surface area contributed by atoms with Crippen LogP contribution in [0.1, 0.15) is 31.2 Å². The van der Waals surface area contributed by atoms with E-state index in [0.29, 0.717) is 13.1 Å². The molecule has 1 heterocycles. The Morgan fingerprint density at radius 3 is 2.52 bits per heavy atom. The van der Waals surface area contributed by atoms with Gasteiger partial charge < -0.3 is 24.6 Å². The van der Waals surface area contributed by atoms with E-state index >= 15 is 0 Å². The van der Waals surface area contributed by atoms with Crippen molar-refractivity contribution in [2.45, 2.75) is 44.2 Å². The van der Waals surface area contributed by atoms with Gasteiger partial charge in [0, 0.05) is 31.4 Å². The summed E-state index contributed by atoms with van der Waals surface area (Å²) in [7, 11) is 3.52. The molecule has 180 valence electrons. The second-order valence-corrected chi connectivity index (χ2v) is 8.77. The van der Waals surface area contributed by atoms with E-state index in [1.165, 1.54) is 18.4 Å². The van der Waals surface area contributed by atoms with Crippen molar-refractivity contribution >= 4 is 24.0 Å². The fourth-order valence-electron chi connectivity index (χ4n) is 4.87.